The molecule has 4 heterocycles. The zero-order valence-corrected chi connectivity index (χ0v) is 29.0. The van der Waals surface area contributed by atoms with Crippen LogP contribution in [-0.4, -0.2) is 126 Å². The number of fused-ring (bicyclic) bond motifs is 1. The molecule has 264 valence electrons. The van der Waals surface area contributed by atoms with Gasteiger partial charge in [-0.25, -0.2) is 14.6 Å². The molecule has 2 aromatic rings. The van der Waals surface area contributed by atoms with Crippen LogP contribution < -0.4 is 16.4 Å². The molecule has 2 saturated heterocycles. The third-order valence-corrected chi connectivity index (χ3v) is 11.2. The molecule has 19 heteroatoms. The first-order valence-corrected chi connectivity index (χ1v) is 17.6. The number of thioether (sulfide) groups is 1. The number of hydrogen-bond acceptors (Lipinski definition) is 13. The number of carbonyl (C=O) groups excluding carboxylic acids is 2. The first-order chi connectivity index (χ1) is 23.1. The summed E-state index contributed by atoms with van der Waals surface area (Å²) in [4.78, 5) is 61.4. The maximum Gasteiger partial charge on any atom is 0.352 e. The monoisotopic (exact) mass is 738 g/mol. The van der Waals surface area contributed by atoms with Crippen molar-refractivity contribution in [2.45, 2.75) is 43.7 Å². The molecule has 0 unspecified atom stereocenters. The molecular weight excluding hydrogens is 702 g/mol. The lowest BCUT2D eigenvalue weighted by Gasteiger charge is -2.52. The Labute approximate surface area is 294 Å². The second-order valence-corrected chi connectivity index (χ2v) is 14.9. The highest BCUT2D eigenvalue weighted by atomic mass is 35.5. The fourth-order valence-corrected chi connectivity index (χ4v) is 8.17. The van der Waals surface area contributed by atoms with Gasteiger partial charge in [-0.3, -0.25) is 9.59 Å². The summed E-state index contributed by atoms with van der Waals surface area (Å²) in [5.74, 6) is -4.11. The summed E-state index contributed by atoms with van der Waals surface area (Å²) in [6.07, 6.45) is 1.91. The Morgan fingerprint density at radius 3 is 2.55 bits per heavy atom. The van der Waals surface area contributed by atoms with Crippen molar-refractivity contribution in [3.05, 3.63) is 45.1 Å². The Bertz CT molecular complexity index is 1720. The van der Waals surface area contributed by atoms with Gasteiger partial charge in [0.2, 0.25) is 5.60 Å². The number of benzene rings is 1. The number of halogens is 1. The van der Waals surface area contributed by atoms with E-state index >= 15 is 0 Å². The van der Waals surface area contributed by atoms with E-state index < -0.39 is 46.9 Å². The van der Waals surface area contributed by atoms with Gasteiger partial charge < -0.3 is 51.0 Å². The normalized spacial score (nSPS) is 20.3. The molecule has 5 rings (SSSR count). The Balaban J connectivity index is 1.26. The number of carbonyl (C=O) groups is 4. The zero-order valence-electron chi connectivity index (χ0n) is 26.6. The van der Waals surface area contributed by atoms with Crippen LogP contribution in [0, 0.1) is 0 Å². The summed E-state index contributed by atoms with van der Waals surface area (Å²) in [6, 6.07) is 2.07. The lowest BCUT2D eigenvalue weighted by molar-refractivity contribution is -0.911. The number of phenolic OH excluding ortho intramolecular Hbond substituents is 2. The average molecular weight is 739 g/mol. The molecule has 0 bridgehead atoms. The number of carboxylic acids is 2. The summed E-state index contributed by atoms with van der Waals surface area (Å²) >= 11 is 8.63. The summed E-state index contributed by atoms with van der Waals surface area (Å²) in [5.41, 5.74) is 4.88. The Hall–Kier alpha value is -4.26. The number of nitrogens with zero attached hydrogens (tertiary/aromatic N) is 4. The number of quaternary nitrogens is 1. The molecule has 49 heavy (non-hydrogen) atoms. The summed E-state index contributed by atoms with van der Waals surface area (Å²) in [7, 11) is 0. The van der Waals surface area contributed by atoms with Gasteiger partial charge in [0.1, 0.15) is 17.9 Å². The van der Waals surface area contributed by atoms with E-state index in [2.05, 4.69) is 20.8 Å². The van der Waals surface area contributed by atoms with Gasteiger partial charge in [0.05, 0.1) is 48.2 Å². The number of amides is 2. The molecule has 1 aromatic carbocycles. The van der Waals surface area contributed by atoms with Gasteiger partial charge in [-0.05, 0) is 26.0 Å². The molecule has 2 atom stereocenters. The number of nitrogens with one attached hydrogen (secondary N) is 2. The molecule has 2 amide bonds. The van der Waals surface area contributed by atoms with Crippen LogP contribution in [0.5, 0.6) is 11.5 Å². The number of nitrogen functional groups attached to an aromatic ring is 1. The first-order valence-electron chi connectivity index (χ1n) is 15.3. The van der Waals surface area contributed by atoms with Gasteiger partial charge in [0.15, 0.2) is 22.3 Å². The fraction of sp³-hybridized carbons (Fsp3) is 0.467. The summed E-state index contributed by atoms with van der Waals surface area (Å²) in [6.45, 7) is 5.71. The first kappa shape index (κ1) is 36.0. The SMILES string of the molecule is CC(C)(O/N=C(/C(=O)N[C@@H]1CN2C(C(=O)O)=C(C[N+]3(CCNC(=O)c4ccc(O)c(O)c4Cl)CCCC3)CS[C@H]12)c1csc(N)n1)C(=O)O. The Kier molecular flexibility index (Phi) is 10.5. The van der Waals surface area contributed by atoms with Crippen LogP contribution in [0.15, 0.2) is 33.9 Å². The molecule has 0 aliphatic carbocycles. The van der Waals surface area contributed by atoms with E-state index in [1.54, 1.807) is 4.90 Å². The summed E-state index contributed by atoms with van der Waals surface area (Å²) in [5, 5.41) is 49.8. The van der Waals surface area contributed by atoms with Gasteiger partial charge >= 0.3 is 11.9 Å². The minimum Gasteiger partial charge on any atom is -0.504 e. The standard InChI is InChI=1S/C30H36ClN7O9S2/c1-30(2,28(45)46)47-36-21(18-14-49-29(32)35-18)25(42)34-17-11-37-22(27(43)44)15(13-48-26(17)37)12-38(8-3-4-9-38)10-7-33-24(41)16-5-6-19(39)23(40)20(16)31/h5-6,14,17,26H,3-4,7-13H2,1-2H3,(H7-,32,33,34,35,36,39,40,41,42,43,44,45,46)/p+1/t17-,26-/m1/s1. The van der Waals surface area contributed by atoms with Crippen molar-refractivity contribution in [2.24, 2.45) is 5.16 Å². The van der Waals surface area contributed by atoms with Gasteiger partial charge in [-0.15, -0.1) is 23.1 Å². The maximum absolute atomic E-state index is 13.4. The number of likely N-dealkylation sites (tertiary alicyclic amines) is 1. The van der Waals surface area contributed by atoms with E-state index in [-0.39, 0.29) is 51.3 Å². The number of hydrogen-bond donors (Lipinski definition) is 7. The number of thiazole rings is 1. The molecule has 8 N–H and O–H groups in total. The number of oxime groups is 1. The van der Waals surface area contributed by atoms with Gasteiger partial charge in [0, 0.05) is 36.1 Å². The molecule has 3 aliphatic heterocycles. The topological polar surface area (TPSA) is 237 Å². The molecule has 0 spiro atoms. The number of carboxylic acid groups (broad SMARTS) is 2. The van der Waals surface area contributed by atoms with Crippen molar-refractivity contribution in [3.63, 3.8) is 0 Å². The minimum atomic E-state index is -1.72. The third kappa shape index (κ3) is 7.66. The van der Waals surface area contributed by atoms with Crippen molar-refractivity contribution in [2.75, 3.05) is 50.8 Å². The minimum absolute atomic E-state index is 0.0284. The van der Waals surface area contributed by atoms with Gasteiger partial charge in [-0.2, -0.15) is 0 Å². The largest absolute Gasteiger partial charge is 0.504 e. The number of aliphatic carboxylic acids is 2. The molecule has 0 saturated carbocycles. The lowest BCUT2D eigenvalue weighted by atomic mass is 10.0. The smallest absolute Gasteiger partial charge is 0.352 e. The van der Waals surface area contributed by atoms with Crippen molar-refractivity contribution in [3.8, 4) is 11.5 Å². The predicted molar refractivity (Wildman–Crippen MR) is 181 cm³/mol. The molecule has 0 radical (unpaired) electrons. The van der Waals surface area contributed by atoms with E-state index in [1.165, 1.54) is 43.1 Å². The van der Waals surface area contributed by atoms with Crippen LogP contribution in [0.2, 0.25) is 5.02 Å². The van der Waals surface area contributed by atoms with Crippen molar-refractivity contribution < 1.29 is 48.9 Å². The van der Waals surface area contributed by atoms with Crippen molar-refractivity contribution in [1.29, 1.82) is 0 Å². The highest BCUT2D eigenvalue weighted by Crippen LogP contribution is 2.41. The highest BCUT2D eigenvalue weighted by molar-refractivity contribution is 8.00. The Morgan fingerprint density at radius 2 is 1.92 bits per heavy atom. The lowest BCUT2D eigenvalue weighted by Crippen LogP contribution is -2.67. The predicted octanol–water partition coefficient (Wildman–Crippen LogP) is 1.63. The second kappa shape index (κ2) is 14.3. The number of phenols is 2. The van der Waals surface area contributed by atoms with E-state index in [4.69, 9.17) is 22.2 Å². The van der Waals surface area contributed by atoms with E-state index in [1.807, 2.05) is 0 Å². The molecule has 16 nitrogen and oxygen atoms in total. The number of aromatic nitrogens is 1. The number of anilines is 1. The van der Waals surface area contributed by atoms with Crippen LogP contribution in [0.1, 0.15) is 42.7 Å². The fourth-order valence-electron chi connectivity index (χ4n) is 6.02. The Morgan fingerprint density at radius 1 is 1.20 bits per heavy atom. The van der Waals surface area contributed by atoms with Gasteiger partial charge in [-0.1, -0.05) is 16.8 Å². The van der Waals surface area contributed by atoms with Crippen LogP contribution in [0.4, 0.5) is 5.13 Å². The highest BCUT2D eigenvalue weighted by Gasteiger charge is 2.48. The van der Waals surface area contributed by atoms with Gasteiger partial charge in [0.25, 0.3) is 11.8 Å². The number of nitrogens with two attached hydrogens (primary N) is 1. The number of rotatable bonds is 13. The molecule has 2 fully saturated rings. The average Bonchev–Trinajstić information content (AvgIpc) is 3.67. The molecular formula is C30H37ClN7O9S2+. The van der Waals surface area contributed by atoms with Crippen molar-refractivity contribution >= 4 is 69.3 Å². The zero-order chi connectivity index (χ0) is 35.7. The maximum atomic E-state index is 13.4. The summed E-state index contributed by atoms with van der Waals surface area (Å²) < 4.78 is 0.587. The van der Waals surface area contributed by atoms with E-state index in [9.17, 15) is 39.6 Å². The van der Waals surface area contributed by atoms with Crippen LogP contribution in [-0.2, 0) is 19.2 Å². The quantitative estimate of drug-likeness (QED) is 0.0671. The number of aromatic hydroxyl groups is 2. The van der Waals surface area contributed by atoms with Crippen LogP contribution in [0.3, 0.4) is 0 Å². The molecule has 3 aliphatic rings. The van der Waals surface area contributed by atoms with Crippen LogP contribution in [0.25, 0.3) is 0 Å². The second-order valence-electron chi connectivity index (χ2n) is 12.5. The third-order valence-electron chi connectivity index (χ3n) is 8.73. The van der Waals surface area contributed by atoms with Crippen molar-refractivity contribution in [1.82, 2.24) is 20.5 Å². The van der Waals surface area contributed by atoms with E-state index in [0.29, 0.717) is 23.3 Å². The van der Waals surface area contributed by atoms with Crippen LogP contribution >= 0.6 is 34.7 Å². The van der Waals surface area contributed by atoms with E-state index in [0.717, 1.165) is 42.8 Å². The molecule has 1 aromatic heterocycles.